The molecule has 0 spiro atoms. The van der Waals surface area contributed by atoms with Crippen molar-refractivity contribution < 1.29 is 0 Å². The highest BCUT2D eigenvalue weighted by Gasteiger charge is 2.35. The molecule has 2 aliphatic heterocycles. The maximum atomic E-state index is 4.26. The Balaban J connectivity index is 0.000000963. The second-order valence-electron chi connectivity index (χ2n) is 4.73. The summed E-state index contributed by atoms with van der Waals surface area (Å²) in [6, 6.07) is 2.94. The van der Waals surface area contributed by atoms with Gasteiger partial charge >= 0.3 is 0 Å². The number of pyridine rings is 1. The van der Waals surface area contributed by atoms with Crippen LogP contribution in [-0.2, 0) is 0 Å². The maximum Gasteiger partial charge on any atom is 0.0556 e. The molecule has 3 rings (SSSR count). The number of aryl methyl sites for hydroxylation is 1. The van der Waals surface area contributed by atoms with Gasteiger partial charge in [-0.15, -0.1) is 37.2 Å². The van der Waals surface area contributed by atoms with E-state index in [0.717, 1.165) is 12.5 Å². The van der Waals surface area contributed by atoms with Gasteiger partial charge in [0.25, 0.3) is 0 Å². The molecule has 1 aromatic heterocycles. The van der Waals surface area contributed by atoms with Crippen LogP contribution in [0.3, 0.4) is 0 Å². The second kappa shape index (κ2) is 7.39. The van der Waals surface area contributed by atoms with Crippen molar-refractivity contribution in [2.75, 3.05) is 24.5 Å². The summed E-state index contributed by atoms with van der Waals surface area (Å²) in [4.78, 5) is 6.72. The number of fused-ring (bicyclic) bond motifs is 1. The van der Waals surface area contributed by atoms with Crippen LogP contribution in [-0.4, -0.2) is 30.7 Å². The van der Waals surface area contributed by atoms with Crippen LogP contribution in [0, 0.1) is 12.8 Å². The van der Waals surface area contributed by atoms with Crippen LogP contribution in [0.1, 0.15) is 12.0 Å². The molecule has 2 saturated heterocycles. The van der Waals surface area contributed by atoms with Gasteiger partial charge in [0.05, 0.1) is 11.9 Å². The Labute approximate surface area is 127 Å². The molecular weight excluding hydrogens is 293 g/mol. The summed E-state index contributed by atoms with van der Waals surface area (Å²) >= 11 is 0. The largest absolute Gasteiger partial charge is 0.368 e. The minimum absolute atomic E-state index is 0. The van der Waals surface area contributed by atoms with Gasteiger partial charge in [-0.05, 0) is 37.4 Å². The Bertz CT molecular complexity index is 363. The highest BCUT2D eigenvalue weighted by Crippen LogP contribution is 2.28. The fourth-order valence-corrected chi connectivity index (χ4v) is 2.77. The highest BCUT2D eigenvalue weighted by atomic mass is 35.5. The minimum Gasteiger partial charge on any atom is -0.368 e. The summed E-state index contributed by atoms with van der Waals surface area (Å²) < 4.78 is 0. The summed E-state index contributed by atoms with van der Waals surface area (Å²) in [5, 5.41) is 3.57. The predicted octanol–water partition coefficient (Wildman–Crippen LogP) is 2.45. The van der Waals surface area contributed by atoms with Gasteiger partial charge in [0, 0.05) is 25.3 Å². The molecule has 6 heteroatoms. The van der Waals surface area contributed by atoms with Crippen molar-refractivity contribution in [1.29, 1.82) is 0 Å². The zero-order chi connectivity index (χ0) is 10.3. The van der Waals surface area contributed by atoms with Crippen molar-refractivity contribution in [3.8, 4) is 0 Å². The van der Waals surface area contributed by atoms with E-state index in [1.54, 1.807) is 0 Å². The topological polar surface area (TPSA) is 28.2 Å². The van der Waals surface area contributed by atoms with Crippen molar-refractivity contribution in [2.24, 2.45) is 5.92 Å². The highest BCUT2D eigenvalue weighted by molar-refractivity contribution is 5.86. The molecule has 1 N–H and O–H groups in total. The van der Waals surface area contributed by atoms with Gasteiger partial charge < -0.3 is 10.2 Å². The molecule has 0 radical (unpaired) electrons. The van der Waals surface area contributed by atoms with Crippen LogP contribution < -0.4 is 10.2 Å². The maximum absolute atomic E-state index is 4.26. The van der Waals surface area contributed by atoms with Gasteiger partial charge in [0.1, 0.15) is 0 Å². The Morgan fingerprint density at radius 3 is 2.67 bits per heavy atom. The molecule has 0 unspecified atom stereocenters. The fraction of sp³-hybridized carbons (Fsp3) is 0.583. The van der Waals surface area contributed by atoms with Crippen molar-refractivity contribution in [1.82, 2.24) is 10.3 Å². The fourth-order valence-electron chi connectivity index (χ4n) is 2.77. The summed E-state index contributed by atoms with van der Waals surface area (Å²) in [5.74, 6) is 0.852. The Morgan fingerprint density at radius 1 is 1.22 bits per heavy atom. The van der Waals surface area contributed by atoms with Gasteiger partial charge in [-0.25, -0.2) is 0 Å². The van der Waals surface area contributed by atoms with Gasteiger partial charge in [0.2, 0.25) is 0 Å². The number of anilines is 1. The molecule has 0 aliphatic carbocycles. The first kappa shape index (κ1) is 17.8. The third kappa shape index (κ3) is 3.41. The molecule has 2 aliphatic rings. The number of nitrogens with zero attached hydrogens (tertiary/aromatic N) is 2. The number of aromatic nitrogens is 1. The van der Waals surface area contributed by atoms with Crippen LogP contribution in [0.2, 0.25) is 0 Å². The lowest BCUT2D eigenvalue weighted by Crippen LogP contribution is -2.30. The summed E-state index contributed by atoms with van der Waals surface area (Å²) in [6.07, 6.45) is 5.23. The van der Waals surface area contributed by atoms with E-state index in [2.05, 4.69) is 28.2 Å². The molecule has 0 bridgehead atoms. The SMILES string of the molecule is Cc1cncc(N2C[C@H]3CCN[C@H]3C2)c1.Cl.Cl.Cl. The Hall–Kier alpha value is -0.220. The first-order valence-electron chi connectivity index (χ1n) is 5.73. The van der Waals surface area contributed by atoms with E-state index in [0.29, 0.717) is 6.04 Å². The number of hydrogen-bond donors (Lipinski definition) is 1. The average molecular weight is 313 g/mol. The number of halogens is 3. The van der Waals surface area contributed by atoms with E-state index in [4.69, 9.17) is 0 Å². The zero-order valence-electron chi connectivity index (χ0n) is 10.3. The third-order valence-corrected chi connectivity index (χ3v) is 3.59. The van der Waals surface area contributed by atoms with Crippen LogP contribution in [0.15, 0.2) is 18.5 Å². The monoisotopic (exact) mass is 311 g/mol. The number of hydrogen-bond acceptors (Lipinski definition) is 3. The Morgan fingerprint density at radius 2 is 2.00 bits per heavy atom. The van der Waals surface area contributed by atoms with Crippen molar-refractivity contribution >= 4 is 42.9 Å². The summed E-state index contributed by atoms with van der Waals surface area (Å²) in [6.45, 7) is 5.65. The predicted molar refractivity (Wildman–Crippen MR) is 82.8 cm³/mol. The summed E-state index contributed by atoms with van der Waals surface area (Å²) in [7, 11) is 0. The van der Waals surface area contributed by atoms with Crippen LogP contribution in [0.5, 0.6) is 0 Å². The first-order valence-corrected chi connectivity index (χ1v) is 5.73. The van der Waals surface area contributed by atoms with Crippen molar-refractivity contribution in [3.63, 3.8) is 0 Å². The standard InChI is InChI=1S/C12H17N3.3ClH/c1-9-4-11(6-13-5-9)15-7-10-2-3-14-12(10)8-15;;;/h4-6,10,12,14H,2-3,7-8H2,1H3;3*1H/t10-,12+;;;/m1.../s1. The normalized spacial score (nSPS) is 24.6. The molecule has 1 aromatic rings. The van der Waals surface area contributed by atoms with Crippen molar-refractivity contribution in [3.05, 3.63) is 24.0 Å². The third-order valence-electron chi connectivity index (χ3n) is 3.59. The van der Waals surface area contributed by atoms with E-state index in [1.165, 1.54) is 30.8 Å². The van der Waals surface area contributed by atoms with E-state index in [9.17, 15) is 0 Å². The van der Waals surface area contributed by atoms with E-state index in [-0.39, 0.29) is 37.2 Å². The van der Waals surface area contributed by atoms with E-state index >= 15 is 0 Å². The molecule has 0 amide bonds. The molecule has 3 heterocycles. The number of rotatable bonds is 1. The van der Waals surface area contributed by atoms with Gasteiger partial charge in [-0.3, -0.25) is 4.98 Å². The smallest absolute Gasteiger partial charge is 0.0556 e. The lowest BCUT2D eigenvalue weighted by molar-refractivity contribution is 0.556. The van der Waals surface area contributed by atoms with Gasteiger partial charge in [-0.2, -0.15) is 0 Å². The average Bonchev–Trinajstić information content (AvgIpc) is 2.76. The lowest BCUT2D eigenvalue weighted by Gasteiger charge is -2.19. The molecule has 0 saturated carbocycles. The van der Waals surface area contributed by atoms with Gasteiger partial charge in [-0.1, -0.05) is 0 Å². The van der Waals surface area contributed by atoms with E-state index < -0.39 is 0 Å². The Kier molecular flexibility index (Phi) is 7.30. The van der Waals surface area contributed by atoms with Crippen molar-refractivity contribution in [2.45, 2.75) is 19.4 Å². The molecular formula is C12H20Cl3N3. The van der Waals surface area contributed by atoms with Crippen LogP contribution in [0.25, 0.3) is 0 Å². The zero-order valence-corrected chi connectivity index (χ0v) is 12.8. The minimum atomic E-state index is 0. The quantitative estimate of drug-likeness (QED) is 0.863. The second-order valence-corrected chi connectivity index (χ2v) is 4.73. The molecule has 18 heavy (non-hydrogen) atoms. The summed E-state index contributed by atoms with van der Waals surface area (Å²) in [5.41, 5.74) is 2.53. The molecule has 104 valence electrons. The molecule has 3 nitrogen and oxygen atoms in total. The lowest BCUT2D eigenvalue weighted by atomic mass is 10.1. The molecule has 2 atom stereocenters. The molecule has 2 fully saturated rings. The van der Waals surface area contributed by atoms with Crippen LogP contribution >= 0.6 is 37.2 Å². The molecule has 0 aromatic carbocycles. The van der Waals surface area contributed by atoms with Gasteiger partial charge in [0.15, 0.2) is 0 Å². The number of nitrogens with one attached hydrogen (secondary N) is 1. The van der Waals surface area contributed by atoms with E-state index in [1.807, 2.05) is 12.4 Å². The first-order chi connectivity index (χ1) is 7.33. The van der Waals surface area contributed by atoms with Crippen LogP contribution in [0.4, 0.5) is 5.69 Å².